The van der Waals surface area contributed by atoms with E-state index in [0.29, 0.717) is 0 Å². The molecule has 0 saturated carbocycles. The van der Waals surface area contributed by atoms with E-state index in [1.54, 1.807) is 0 Å². The molecule has 1 aromatic heterocycles. The van der Waals surface area contributed by atoms with Crippen molar-refractivity contribution in [3.8, 4) is 55.6 Å². The number of para-hydroxylation sites is 1. The highest BCUT2D eigenvalue weighted by molar-refractivity contribution is 7.26. The van der Waals surface area contributed by atoms with E-state index in [4.69, 9.17) is 0 Å². The Morgan fingerprint density at radius 2 is 0.781 bits per heavy atom. The Labute approximate surface area is 377 Å². The largest absolute Gasteiger partial charge is 0.309 e. The third kappa shape index (κ3) is 6.82. The Morgan fingerprint density at radius 3 is 1.53 bits per heavy atom. The highest BCUT2D eigenvalue weighted by atomic mass is 32.1. The molecule has 0 spiro atoms. The van der Waals surface area contributed by atoms with Gasteiger partial charge in [-0.05, 0) is 109 Å². The molecule has 0 aliphatic carbocycles. The summed E-state index contributed by atoms with van der Waals surface area (Å²) in [5.41, 5.74) is 15.2. The summed E-state index contributed by atoms with van der Waals surface area (Å²) in [5, 5.41) is 7.56. The molecule has 64 heavy (non-hydrogen) atoms. The van der Waals surface area contributed by atoms with Crippen LogP contribution < -0.4 is 4.90 Å². The van der Waals surface area contributed by atoms with Crippen LogP contribution in [-0.4, -0.2) is 0 Å². The highest BCUT2D eigenvalue weighted by Crippen LogP contribution is 2.49. The van der Waals surface area contributed by atoms with Crippen molar-refractivity contribution in [1.29, 1.82) is 0 Å². The van der Waals surface area contributed by atoms with E-state index in [9.17, 15) is 0 Å². The van der Waals surface area contributed by atoms with Crippen molar-refractivity contribution in [3.63, 3.8) is 0 Å². The summed E-state index contributed by atoms with van der Waals surface area (Å²) in [4.78, 5) is 2.49. The van der Waals surface area contributed by atoms with Gasteiger partial charge in [0.15, 0.2) is 0 Å². The monoisotopic (exact) mass is 831 g/mol. The topological polar surface area (TPSA) is 3.24 Å². The third-order valence-corrected chi connectivity index (χ3v) is 13.9. The molecule has 0 fully saturated rings. The molecular formula is C62H41NS. The average Bonchev–Trinajstić information content (AvgIpc) is 3.76. The van der Waals surface area contributed by atoms with E-state index in [0.717, 1.165) is 28.2 Å². The van der Waals surface area contributed by atoms with Gasteiger partial charge in [0.05, 0.1) is 11.4 Å². The van der Waals surface area contributed by atoms with Crippen LogP contribution in [0.1, 0.15) is 0 Å². The molecule has 0 aliphatic rings. The number of rotatable bonds is 8. The molecule has 1 heterocycles. The fourth-order valence-electron chi connectivity index (χ4n) is 9.44. The Hall–Kier alpha value is -8.04. The minimum absolute atomic E-state index is 1.08. The normalized spacial score (nSPS) is 11.4. The minimum Gasteiger partial charge on any atom is -0.309 e. The molecule has 0 amide bonds. The van der Waals surface area contributed by atoms with Gasteiger partial charge in [0.1, 0.15) is 0 Å². The van der Waals surface area contributed by atoms with Crippen LogP contribution >= 0.6 is 11.3 Å². The first kappa shape index (κ1) is 37.7. The number of anilines is 3. The van der Waals surface area contributed by atoms with Crippen LogP contribution in [0.5, 0.6) is 0 Å². The van der Waals surface area contributed by atoms with Gasteiger partial charge < -0.3 is 4.90 Å². The summed E-state index contributed by atoms with van der Waals surface area (Å²) in [5.74, 6) is 0. The van der Waals surface area contributed by atoms with E-state index in [1.165, 1.54) is 86.2 Å². The van der Waals surface area contributed by atoms with Gasteiger partial charge in [-0.25, -0.2) is 0 Å². The van der Waals surface area contributed by atoms with Crippen LogP contribution in [0, 0.1) is 0 Å². The van der Waals surface area contributed by atoms with Gasteiger partial charge >= 0.3 is 0 Å². The lowest BCUT2D eigenvalue weighted by Gasteiger charge is -2.30. The number of benzene rings is 11. The number of thiophene rings is 1. The van der Waals surface area contributed by atoms with E-state index in [1.807, 2.05) is 11.3 Å². The van der Waals surface area contributed by atoms with Gasteiger partial charge in [0.25, 0.3) is 0 Å². The van der Waals surface area contributed by atoms with Crippen LogP contribution in [0.4, 0.5) is 17.1 Å². The summed E-state index contributed by atoms with van der Waals surface area (Å²) in [6.07, 6.45) is 0. The lowest BCUT2D eigenvalue weighted by atomic mass is 9.94. The van der Waals surface area contributed by atoms with E-state index in [2.05, 4.69) is 254 Å². The second-order valence-electron chi connectivity index (χ2n) is 16.5. The fourth-order valence-corrected chi connectivity index (χ4v) is 10.7. The van der Waals surface area contributed by atoms with Crippen LogP contribution in [0.15, 0.2) is 249 Å². The van der Waals surface area contributed by atoms with Crippen LogP contribution in [0.3, 0.4) is 0 Å². The molecule has 0 bridgehead atoms. The summed E-state index contributed by atoms with van der Waals surface area (Å²) >= 11 is 1.88. The van der Waals surface area contributed by atoms with Crippen molar-refractivity contribution in [3.05, 3.63) is 249 Å². The van der Waals surface area contributed by atoms with Crippen molar-refractivity contribution < 1.29 is 0 Å². The zero-order valence-corrected chi connectivity index (χ0v) is 35.8. The molecule has 0 saturated heterocycles. The molecule has 12 aromatic rings. The van der Waals surface area contributed by atoms with Crippen molar-refractivity contribution in [2.24, 2.45) is 0 Å². The molecule has 0 unspecified atom stereocenters. The molecule has 0 radical (unpaired) electrons. The van der Waals surface area contributed by atoms with Gasteiger partial charge in [-0.1, -0.05) is 200 Å². The lowest BCUT2D eigenvalue weighted by Crippen LogP contribution is -2.12. The number of fused-ring (bicyclic) bond motifs is 5. The summed E-state index contributed by atoms with van der Waals surface area (Å²) in [6.45, 7) is 0. The Bertz CT molecular complexity index is 3670. The molecule has 0 atom stereocenters. The molecule has 12 rings (SSSR count). The predicted molar refractivity (Wildman–Crippen MR) is 276 cm³/mol. The molecule has 0 N–H and O–H groups in total. The average molecular weight is 832 g/mol. The van der Waals surface area contributed by atoms with Crippen LogP contribution in [0.25, 0.3) is 97.4 Å². The Balaban J connectivity index is 1.05. The quantitative estimate of drug-likeness (QED) is 0.147. The minimum atomic E-state index is 1.08. The van der Waals surface area contributed by atoms with Crippen molar-refractivity contribution >= 4 is 70.1 Å². The van der Waals surface area contributed by atoms with Gasteiger partial charge in [-0.2, -0.15) is 0 Å². The summed E-state index contributed by atoms with van der Waals surface area (Å²) < 4.78 is 2.60. The number of hydrogen-bond donors (Lipinski definition) is 0. The molecule has 11 aromatic carbocycles. The van der Waals surface area contributed by atoms with E-state index < -0.39 is 0 Å². The second kappa shape index (κ2) is 16.0. The SMILES string of the molecule is c1ccc(-c2ccc(-c3ccc4ccccc4c3)cc2N(c2ccc(-c3cccc(-c4ccc5ccccc5c4)c3)cc2)c2ccccc2-c2cccc3c2sc2ccccc23)cc1. The summed E-state index contributed by atoms with van der Waals surface area (Å²) in [7, 11) is 0. The zero-order valence-electron chi connectivity index (χ0n) is 35.0. The van der Waals surface area contributed by atoms with Gasteiger partial charge in [-0.3, -0.25) is 0 Å². The molecular weight excluding hydrogens is 791 g/mol. The van der Waals surface area contributed by atoms with E-state index >= 15 is 0 Å². The van der Waals surface area contributed by atoms with Crippen molar-refractivity contribution in [2.75, 3.05) is 4.90 Å². The molecule has 1 nitrogen and oxygen atoms in total. The van der Waals surface area contributed by atoms with Crippen LogP contribution in [0.2, 0.25) is 0 Å². The standard InChI is InChI=1S/C62H41NS/c1-2-16-45(17-3-1)54-37-34-52(51-31-29-43-15-5-7-19-47(43)40-51)41-60(54)63(59-26-10-8-22-55(59)57-24-13-25-58-56-23-9-11-27-61(56)64-62(57)58)53-35-32-44(33-36-53)48-20-12-21-49(38-48)50-30-28-42-14-4-6-18-46(42)39-50/h1-41H. The molecule has 300 valence electrons. The fraction of sp³-hybridized carbons (Fsp3) is 0. The van der Waals surface area contributed by atoms with Gasteiger partial charge in [0.2, 0.25) is 0 Å². The highest BCUT2D eigenvalue weighted by Gasteiger charge is 2.23. The molecule has 2 heteroatoms. The lowest BCUT2D eigenvalue weighted by molar-refractivity contribution is 1.28. The first-order valence-corrected chi connectivity index (χ1v) is 22.7. The molecule has 0 aliphatic heterocycles. The smallest absolute Gasteiger partial charge is 0.0546 e. The van der Waals surface area contributed by atoms with Crippen molar-refractivity contribution in [1.82, 2.24) is 0 Å². The maximum absolute atomic E-state index is 2.49. The summed E-state index contributed by atoms with van der Waals surface area (Å²) in [6, 6.07) is 91.1. The Morgan fingerprint density at radius 1 is 0.266 bits per heavy atom. The number of nitrogens with zero attached hydrogens (tertiary/aromatic N) is 1. The predicted octanol–water partition coefficient (Wildman–Crippen LogP) is 18.2. The van der Waals surface area contributed by atoms with Gasteiger partial charge in [-0.15, -0.1) is 11.3 Å². The van der Waals surface area contributed by atoms with Crippen LogP contribution in [-0.2, 0) is 0 Å². The van der Waals surface area contributed by atoms with Crippen molar-refractivity contribution in [2.45, 2.75) is 0 Å². The zero-order chi connectivity index (χ0) is 42.4. The van der Waals surface area contributed by atoms with Gasteiger partial charge in [0, 0.05) is 42.6 Å². The second-order valence-corrected chi connectivity index (χ2v) is 17.5. The first-order valence-electron chi connectivity index (χ1n) is 21.9. The first-order chi connectivity index (χ1) is 31.7. The number of hydrogen-bond acceptors (Lipinski definition) is 2. The Kier molecular flexibility index (Phi) is 9.43. The maximum Gasteiger partial charge on any atom is 0.0546 e. The van der Waals surface area contributed by atoms with E-state index in [-0.39, 0.29) is 0 Å². The maximum atomic E-state index is 2.49. The third-order valence-electron chi connectivity index (χ3n) is 12.6.